The van der Waals surface area contributed by atoms with Crippen LogP contribution >= 0.6 is 0 Å². The van der Waals surface area contributed by atoms with Crippen LogP contribution in [0.5, 0.6) is 0 Å². The highest BCUT2D eigenvalue weighted by Gasteiger charge is 2.31. The Hall–Kier alpha value is -2.58. The van der Waals surface area contributed by atoms with Gasteiger partial charge in [-0.1, -0.05) is 6.92 Å². The molecule has 0 amide bonds. The lowest BCUT2D eigenvalue weighted by atomic mass is 10.1. The van der Waals surface area contributed by atoms with Crippen molar-refractivity contribution in [3.05, 3.63) is 46.1 Å². The molecule has 5 rings (SSSR count). The second-order valence-electron chi connectivity index (χ2n) is 7.10. The Balaban J connectivity index is 1.51. The number of nitro groups is 1. The van der Waals surface area contributed by atoms with Gasteiger partial charge in [-0.2, -0.15) is 0 Å². The second kappa shape index (κ2) is 7.58. The summed E-state index contributed by atoms with van der Waals surface area (Å²) in [6.45, 7) is 8.66. The minimum atomic E-state index is -0.399. The molecule has 1 N–H and O–H groups in total. The molecule has 0 radical (unpaired) electrons. The van der Waals surface area contributed by atoms with Gasteiger partial charge in [0.05, 0.1) is 4.92 Å². The SMILES string of the molecule is CCc1cc(NCC2CN3CCN2CC3)nc(-c2ccc([N+](=O)[O-])cc2)n1. The van der Waals surface area contributed by atoms with E-state index < -0.39 is 4.92 Å². The van der Waals surface area contributed by atoms with Crippen molar-refractivity contribution in [2.75, 3.05) is 44.6 Å². The van der Waals surface area contributed by atoms with E-state index in [1.165, 1.54) is 25.2 Å². The topological polar surface area (TPSA) is 87.4 Å². The lowest BCUT2D eigenvalue weighted by Crippen LogP contribution is -2.62. The molecule has 3 saturated heterocycles. The van der Waals surface area contributed by atoms with Crippen LogP contribution in [0.3, 0.4) is 0 Å². The van der Waals surface area contributed by atoms with Crippen molar-refractivity contribution in [1.82, 2.24) is 19.8 Å². The van der Waals surface area contributed by atoms with Crippen LogP contribution in [0, 0.1) is 10.1 Å². The summed E-state index contributed by atoms with van der Waals surface area (Å²) in [5.41, 5.74) is 1.81. The highest BCUT2D eigenvalue weighted by molar-refractivity contribution is 5.59. The summed E-state index contributed by atoms with van der Waals surface area (Å²) in [5, 5.41) is 14.3. The smallest absolute Gasteiger partial charge is 0.269 e. The quantitative estimate of drug-likeness (QED) is 0.616. The Morgan fingerprint density at radius 1 is 1.19 bits per heavy atom. The van der Waals surface area contributed by atoms with Gasteiger partial charge < -0.3 is 5.32 Å². The standard InChI is InChI=1S/C19H24N6O2/c1-2-15-11-18(20-12-17-13-23-7-9-24(17)10-8-23)22-19(21-15)14-3-5-16(6-4-14)25(26)27/h3-6,11,17H,2,7-10,12-13H2,1H3,(H,20,21,22). The molecule has 4 heterocycles. The molecule has 0 spiro atoms. The predicted octanol–water partition coefficient (Wildman–Crippen LogP) is 2.03. The van der Waals surface area contributed by atoms with E-state index in [0.29, 0.717) is 11.9 Å². The van der Waals surface area contributed by atoms with Gasteiger partial charge in [0, 0.05) is 74.8 Å². The summed E-state index contributed by atoms with van der Waals surface area (Å²) < 4.78 is 0. The molecule has 8 heteroatoms. The first-order chi connectivity index (χ1) is 13.1. The maximum absolute atomic E-state index is 10.9. The van der Waals surface area contributed by atoms with E-state index in [0.717, 1.165) is 49.7 Å². The molecule has 0 aliphatic carbocycles. The summed E-state index contributed by atoms with van der Waals surface area (Å²) >= 11 is 0. The van der Waals surface area contributed by atoms with Crippen LogP contribution in [0.25, 0.3) is 11.4 Å². The zero-order valence-electron chi connectivity index (χ0n) is 15.5. The number of hydrogen-bond donors (Lipinski definition) is 1. The number of rotatable bonds is 6. The van der Waals surface area contributed by atoms with Gasteiger partial charge >= 0.3 is 0 Å². The number of nitro benzene ring substituents is 1. The molecule has 27 heavy (non-hydrogen) atoms. The van der Waals surface area contributed by atoms with Crippen LogP contribution < -0.4 is 5.32 Å². The largest absolute Gasteiger partial charge is 0.368 e. The first kappa shape index (κ1) is 17.8. The number of nitrogens with one attached hydrogen (secondary N) is 1. The molecular formula is C19H24N6O2. The number of nitrogens with zero attached hydrogens (tertiary/aromatic N) is 5. The van der Waals surface area contributed by atoms with Crippen molar-refractivity contribution in [1.29, 1.82) is 0 Å². The van der Waals surface area contributed by atoms with Gasteiger partial charge in [-0.25, -0.2) is 9.97 Å². The third kappa shape index (κ3) is 3.91. The number of fused-ring (bicyclic) bond motifs is 3. The molecule has 1 unspecified atom stereocenters. The van der Waals surface area contributed by atoms with Crippen LogP contribution in [-0.2, 0) is 6.42 Å². The van der Waals surface area contributed by atoms with Gasteiger partial charge in [-0.3, -0.25) is 19.9 Å². The highest BCUT2D eigenvalue weighted by Crippen LogP contribution is 2.22. The minimum absolute atomic E-state index is 0.0696. The van der Waals surface area contributed by atoms with E-state index >= 15 is 0 Å². The van der Waals surface area contributed by atoms with Crippen LogP contribution in [0.15, 0.2) is 30.3 Å². The zero-order chi connectivity index (χ0) is 18.8. The highest BCUT2D eigenvalue weighted by atomic mass is 16.6. The van der Waals surface area contributed by atoms with E-state index in [2.05, 4.69) is 32.0 Å². The number of aryl methyl sites for hydroxylation is 1. The second-order valence-corrected chi connectivity index (χ2v) is 7.10. The van der Waals surface area contributed by atoms with Crippen molar-refractivity contribution in [3.63, 3.8) is 0 Å². The first-order valence-corrected chi connectivity index (χ1v) is 9.45. The van der Waals surface area contributed by atoms with E-state index in [1.54, 1.807) is 12.1 Å². The summed E-state index contributed by atoms with van der Waals surface area (Å²) in [6.07, 6.45) is 0.806. The molecule has 2 aromatic rings. The Bertz CT molecular complexity index is 817. The molecule has 3 aliphatic rings. The van der Waals surface area contributed by atoms with Gasteiger partial charge in [0.15, 0.2) is 5.82 Å². The van der Waals surface area contributed by atoms with Crippen LogP contribution in [-0.4, -0.2) is 70.0 Å². The summed E-state index contributed by atoms with van der Waals surface area (Å²) in [4.78, 5) is 24.8. The van der Waals surface area contributed by atoms with E-state index in [1.807, 2.05) is 6.07 Å². The Labute approximate surface area is 158 Å². The maximum Gasteiger partial charge on any atom is 0.269 e. The first-order valence-electron chi connectivity index (χ1n) is 9.45. The lowest BCUT2D eigenvalue weighted by molar-refractivity contribution is -0.384. The van der Waals surface area contributed by atoms with E-state index in [4.69, 9.17) is 0 Å². The Morgan fingerprint density at radius 2 is 1.93 bits per heavy atom. The number of non-ortho nitro benzene ring substituents is 1. The Kier molecular flexibility index (Phi) is 5.00. The van der Waals surface area contributed by atoms with Crippen molar-refractivity contribution in [2.45, 2.75) is 19.4 Å². The number of piperazine rings is 3. The van der Waals surface area contributed by atoms with Gasteiger partial charge in [0.2, 0.25) is 0 Å². The normalized spacial score (nSPS) is 24.0. The number of aromatic nitrogens is 2. The molecule has 2 bridgehead atoms. The zero-order valence-corrected chi connectivity index (χ0v) is 15.5. The lowest BCUT2D eigenvalue weighted by Gasteiger charge is -2.47. The van der Waals surface area contributed by atoms with Crippen LogP contribution in [0.2, 0.25) is 0 Å². The number of anilines is 1. The Morgan fingerprint density at radius 3 is 2.52 bits per heavy atom. The fraction of sp³-hybridized carbons (Fsp3) is 0.474. The molecule has 142 valence electrons. The van der Waals surface area contributed by atoms with Crippen LogP contribution in [0.4, 0.5) is 11.5 Å². The molecule has 1 aromatic carbocycles. The van der Waals surface area contributed by atoms with Crippen molar-refractivity contribution < 1.29 is 4.92 Å². The van der Waals surface area contributed by atoms with Gasteiger partial charge in [-0.05, 0) is 18.6 Å². The van der Waals surface area contributed by atoms with Gasteiger partial charge in [-0.15, -0.1) is 0 Å². The molecule has 0 saturated carbocycles. The van der Waals surface area contributed by atoms with E-state index in [-0.39, 0.29) is 5.69 Å². The van der Waals surface area contributed by atoms with Crippen LogP contribution in [0.1, 0.15) is 12.6 Å². The molecule has 1 aromatic heterocycles. The third-order valence-electron chi connectivity index (χ3n) is 5.39. The molecule has 1 atom stereocenters. The predicted molar refractivity (Wildman–Crippen MR) is 104 cm³/mol. The molecule has 8 nitrogen and oxygen atoms in total. The van der Waals surface area contributed by atoms with E-state index in [9.17, 15) is 10.1 Å². The maximum atomic E-state index is 10.9. The van der Waals surface area contributed by atoms with Gasteiger partial charge in [0.1, 0.15) is 5.82 Å². The summed E-state index contributed by atoms with van der Waals surface area (Å²) in [7, 11) is 0. The number of benzene rings is 1. The third-order valence-corrected chi connectivity index (χ3v) is 5.39. The summed E-state index contributed by atoms with van der Waals surface area (Å²) in [6, 6.07) is 8.89. The van der Waals surface area contributed by atoms with Gasteiger partial charge in [0.25, 0.3) is 5.69 Å². The average molecular weight is 368 g/mol. The number of hydrogen-bond acceptors (Lipinski definition) is 7. The minimum Gasteiger partial charge on any atom is -0.368 e. The van der Waals surface area contributed by atoms with Crippen molar-refractivity contribution in [2.24, 2.45) is 0 Å². The molecule has 3 fully saturated rings. The summed E-state index contributed by atoms with van der Waals surface area (Å²) in [5.74, 6) is 1.41. The fourth-order valence-electron chi connectivity index (χ4n) is 3.77. The monoisotopic (exact) mass is 368 g/mol. The molecular weight excluding hydrogens is 344 g/mol. The molecule has 3 aliphatic heterocycles. The van der Waals surface area contributed by atoms with Crippen molar-refractivity contribution >= 4 is 11.5 Å². The average Bonchev–Trinajstić information content (AvgIpc) is 2.73. The van der Waals surface area contributed by atoms with Crippen molar-refractivity contribution in [3.8, 4) is 11.4 Å². The fourth-order valence-corrected chi connectivity index (χ4v) is 3.77.